The molecule has 0 aromatic carbocycles. The molecule has 246 valence electrons. The van der Waals surface area contributed by atoms with E-state index in [0.29, 0.717) is 36.9 Å². The first-order valence-corrected chi connectivity index (χ1v) is 17.2. The topological polar surface area (TPSA) is 91.0 Å². The molecule has 6 heteroatoms. The lowest BCUT2D eigenvalue weighted by atomic mass is 9.34. The summed E-state index contributed by atoms with van der Waals surface area (Å²) in [4.78, 5) is 13.4. The van der Waals surface area contributed by atoms with E-state index in [-0.39, 0.29) is 50.7 Å². The zero-order valence-electron chi connectivity index (χ0n) is 29.2. The van der Waals surface area contributed by atoms with E-state index in [2.05, 4.69) is 75.3 Å². The van der Waals surface area contributed by atoms with Crippen molar-refractivity contribution in [1.29, 1.82) is 0 Å². The molecule has 1 aliphatic heterocycles. The molecule has 1 heterocycles. The van der Waals surface area contributed by atoms with Gasteiger partial charge in [-0.15, -0.1) is 0 Å². The molecule has 0 amide bonds. The zero-order chi connectivity index (χ0) is 32.0. The normalized spacial score (nSPS) is 47.6. The Bertz CT molecular complexity index is 1110. The van der Waals surface area contributed by atoms with Crippen LogP contribution in [0.25, 0.3) is 0 Å². The van der Waals surface area contributed by atoms with Crippen molar-refractivity contribution in [3.8, 4) is 0 Å². The summed E-state index contributed by atoms with van der Waals surface area (Å²) in [7, 11) is 1.84. The number of fused-ring (bicyclic) bond motifs is 3. The van der Waals surface area contributed by atoms with Crippen LogP contribution in [0.3, 0.4) is 0 Å². The van der Waals surface area contributed by atoms with Crippen molar-refractivity contribution in [3.05, 3.63) is 11.6 Å². The fourth-order valence-corrected chi connectivity index (χ4v) is 11.5. The summed E-state index contributed by atoms with van der Waals surface area (Å²) in [5.41, 5.74) is 7.11. The van der Waals surface area contributed by atoms with E-state index in [1.54, 1.807) is 0 Å². The van der Waals surface area contributed by atoms with Gasteiger partial charge >= 0.3 is 5.97 Å². The van der Waals surface area contributed by atoms with Crippen molar-refractivity contribution in [3.63, 3.8) is 0 Å². The number of allylic oxidation sites excluding steroid dienone is 1. The van der Waals surface area contributed by atoms with Crippen molar-refractivity contribution in [2.75, 3.05) is 26.9 Å². The molecule has 0 aromatic heterocycles. The fraction of sp³-hybridized carbons (Fsp3) is 0.919. The average Bonchev–Trinajstić information content (AvgIpc) is 2.91. The number of methoxy groups -OCH3 is 1. The van der Waals surface area contributed by atoms with E-state index in [1.807, 2.05) is 7.11 Å². The van der Waals surface area contributed by atoms with Gasteiger partial charge in [-0.25, -0.2) is 0 Å². The van der Waals surface area contributed by atoms with Gasteiger partial charge in [0.05, 0.1) is 37.9 Å². The molecule has 5 aliphatic rings. The van der Waals surface area contributed by atoms with E-state index >= 15 is 0 Å². The van der Waals surface area contributed by atoms with Gasteiger partial charge in [0, 0.05) is 18.6 Å². The molecule has 3 saturated carbocycles. The maximum absolute atomic E-state index is 13.4. The summed E-state index contributed by atoms with van der Waals surface area (Å²) in [6.45, 7) is 24.7. The lowest BCUT2D eigenvalue weighted by molar-refractivity contribution is -0.269. The second-order valence-electron chi connectivity index (χ2n) is 18.1. The molecule has 43 heavy (non-hydrogen) atoms. The number of hydrogen-bond acceptors (Lipinski definition) is 5. The van der Waals surface area contributed by atoms with Crippen molar-refractivity contribution >= 4 is 5.97 Å². The summed E-state index contributed by atoms with van der Waals surface area (Å²) in [5, 5.41) is 11.0. The Balaban J connectivity index is 1.63. The molecule has 0 aromatic rings. The number of nitrogens with two attached hydrogens (primary N) is 1. The lowest BCUT2D eigenvalue weighted by Crippen LogP contribution is -2.71. The second-order valence-corrected chi connectivity index (χ2v) is 18.1. The maximum atomic E-state index is 13.4. The fourth-order valence-electron chi connectivity index (χ4n) is 11.5. The smallest absolute Gasteiger partial charge is 0.307 e. The van der Waals surface area contributed by atoms with Gasteiger partial charge in [-0.1, -0.05) is 80.9 Å². The molecule has 5 rings (SSSR count). The highest BCUT2D eigenvalue weighted by molar-refractivity contribution is 5.73. The molecule has 6 nitrogen and oxygen atoms in total. The number of ether oxygens (including phenoxy) is 3. The van der Waals surface area contributed by atoms with Crippen molar-refractivity contribution in [2.24, 2.45) is 67.8 Å². The summed E-state index contributed by atoms with van der Waals surface area (Å²) in [5.74, 6) is 0.491. The standard InChI is InChI=1S/C37H63NO5/c1-22(2)23(3)34(8)16-17-35(9)24-12-13-27-33(7)18-26(41-11)30(43-19-28(38)32(4,5)6)37(27,21-42-20-33)25(24)14-15-36(35,10)29(34)31(39)40/h14,22-24,26-30H,12-13,15-21,38H2,1-11H3,(H,39,40)/t23-,24+,26-,27-,28-,29-,30+,33-,34-,35-,36+,37+/m1/s1. The van der Waals surface area contributed by atoms with Crippen molar-refractivity contribution in [1.82, 2.24) is 0 Å². The molecule has 12 atom stereocenters. The van der Waals surface area contributed by atoms with Crippen LogP contribution in [0.5, 0.6) is 0 Å². The van der Waals surface area contributed by atoms with E-state index in [9.17, 15) is 9.90 Å². The number of aliphatic carboxylic acids is 1. The summed E-state index contributed by atoms with van der Waals surface area (Å²) in [6.07, 6.45) is 8.24. The highest BCUT2D eigenvalue weighted by Crippen LogP contribution is 2.75. The second kappa shape index (κ2) is 10.8. The Morgan fingerprint density at radius 1 is 1.09 bits per heavy atom. The highest BCUT2D eigenvalue weighted by atomic mass is 16.5. The Morgan fingerprint density at radius 2 is 1.77 bits per heavy atom. The minimum Gasteiger partial charge on any atom is -0.481 e. The number of carboxylic acids is 1. The monoisotopic (exact) mass is 601 g/mol. The van der Waals surface area contributed by atoms with Gasteiger partial charge in [0.15, 0.2) is 0 Å². The average molecular weight is 602 g/mol. The molecule has 2 bridgehead atoms. The van der Waals surface area contributed by atoms with Crippen molar-refractivity contribution in [2.45, 2.75) is 126 Å². The summed E-state index contributed by atoms with van der Waals surface area (Å²) < 4.78 is 19.9. The molecule has 1 saturated heterocycles. The molecule has 4 fully saturated rings. The number of rotatable bonds is 7. The van der Waals surface area contributed by atoms with Crippen LogP contribution in [0.15, 0.2) is 11.6 Å². The number of hydrogen-bond donors (Lipinski definition) is 2. The molecular weight excluding hydrogens is 538 g/mol. The van der Waals surface area contributed by atoms with E-state index in [1.165, 1.54) is 5.57 Å². The quantitative estimate of drug-likeness (QED) is 0.297. The van der Waals surface area contributed by atoms with Crippen LogP contribution in [0, 0.1) is 62.1 Å². The minimum absolute atomic E-state index is 0.0137. The Hall–Kier alpha value is -0.950. The van der Waals surface area contributed by atoms with Gasteiger partial charge in [0.1, 0.15) is 0 Å². The number of carboxylic acid groups (broad SMARTS) is 1. The van der Waals surface area contributed by atoms with Gasteiger partial charge in [0.25, 0.3) is 0 Å². The third-order valence-corrected chi connectivity index (χ3v) is 14.9. The molecule has 0 radical (unpaired) electrons. The van der Waals surface area contributed by atoms with Gasteiger partial charge in [-0.05, 0) is 89.3 Å². The Labute approximate surface area is 262 Å². The van der Waals surface area contributed by atoms with Gasteiger partial charge < -0.3 is 25.1 Å². The van der Waals surface area contributed by atoms with E-state index < -0.39 is 11.9 Å². The van der Waals surface area contributed by atoms with Crippen LogP contribution in [-0.4, -0.2) is 56.3 Å². The first-order valence-electron chi connectivity index (χ1n) is 17.2. The van der Waals surface area contributed by atoms with Gasteiger partial charge in [-0.2, -0.15) is 0 Å². The highest BCUT2D eigenvalue weighted by Gasteiger charge is 2.72. The van der Waals surface area contributed by atoms with Crippen molar-refractivity contribution < 1.29 is 24.1 Å². The number of carbonyl (C=O) groups is 1. The Morgan fingerprint density at radius 3 is 2.35 bits per heavy atom. The maximum Gasteiger partial charge on any atom is 0.307 e. The van der Waals surface area contributed by atoms with E-state index in [4.69, 9.17) is 19.9 Å². The predicted molar refractivity (Wildman–Crippen MR) is 172 cm³/mol. The van der Waals surface area contributed by atoms with Crippen LogP contribution in [-0.2, 0) is 19.0 Å². The first-order chi connectivity index (χ1) is 19.8. The van der Waals surface area contributed by atoms with Crippen LogP contribution in [0.2, 0.25) is 0 Å². The molecular formula is C37H63NO5. The van der Waals surface area contributed by atoms with Crippen LogP contribution in [0.4, 0.5) is 0 Å². The summed E-state index contributed by atoms with van der Waals surface area (Å²) in [6, 6.07) is -0.0894. The SMILES string of the molecule is CO[C@@H]1C[C@]2(C)COC[C@@]3(C4=CC[C@@]5(C)[C@H](C(=O)O)[C@@](C)([C@H](C)C(C)C)CC[C@]5(C)[C@H]4CC[C@H]23)[C@H]1OC[C@@H](N)C(C)(C)C. The molecule has 4 aliphatic carbocycles. The molecule has 3 N–H and O–H groups in total. The first kappa shape index (κ1) is 33.4. The van der Waals surface area contributed by atoms with Gasteiger partial charge in [-0.3, -0.25) is 4.79 Å². The van der Waals surface area contributed by atoms with Crippen LogP contribution in [0.1, 0.15) is 108 Å². The lowest BCUT2D eigenvalue weighted by Gasteiger charge is -2.71. The largest absolute Gasteiger partial charge is 0.481 e. The van der Waals surface area contributed by atoms with Crippen LogP contribution >= 0.6 is 0 Å². The van der Waals surface area contributed by atoms with Crippen LogP contribution < -0.4 is 5.73 Å². The molecule has 0 unspecified atom stereocenters. The van der Waals surface area contributed by atoms with Gasteiger partial charge in [0.2, 0.25) is 0 Å². The zero-order valence-corrected chi connectivity index (χ0v) is 29.2. The third-order valence-electron chi connectivity index (χ3n) is 14.9. The van der Waals surface area contributed by atoms with E-state index in [0.717, 1.165) is 45.1 Å². The third kappa shape index (κ3) is 4.65. The Kier molecular flexibility index (Phi) is 8.40. The summed E-state index contributed by atoms with van der Waals surface area (Å²) >= 11 is 0. The molecule has 0 spiro atoms. The minimum atomic E-state index is -0.616. The predicted octanol–water partition coefficient (Wildman–Crippen LogP) is 7.35.